The van der Waals surface area contributed by atoms with Gasteiger partial charge < -0.3 is 28.4 Å². The number of nitrogens with zero attached hydrogens (tertiary/aromatic N) is 6. The highest BCUT2D eigenvalue weighted by molar-refractivity contribution is 5.93. The molecule has 2 atom stereocenters. The van der Waals surface area contributed by atoms with Gasteiger partial charge in [0.25, 0.3) is 11.6 Å². The van der Waals surface area contributed by atoms with E-state index in [9.17, 15) is 19.2 Å². The van der Waals surface area contributed by atoms with Gasteiger partial charge in [-0.15, -0.1) is 11.5 Å². The minimum Gasteiger partial charge on any atom is -0.487 e. The first-order chi connectivity index (χ1) is 29.0. The number of terminal acetylenes is 1. The van der Waals surface area contributed by atoms with Crippen LogP contribution in [0.5, 0.6) is 11.5 Å². The normalized spacial score (nSPS) is 19.5. The fraction of sp³-hybridized carbons (Fsp3) is 0.409. The molecule has 0 amide bonds. The van der Waals surface area contributed by atoms with Crippen LogP contribution in [0.3, 0.4) is 0 Å². The summed E-state index contributed by atoms with van der Waals surface area (Å²) in [6, 6.07) is 23.4. The van der Waals surface area contributed by atoms with Crippen LogP contribution in [0.4, 0.5) is 0 Å². The second-order valence-corrected chi connectivity index (χ2v) is 14.8. The van der Waals surface area contributed by atoms with Crippen LogP contribution in [0.15, 0.2) is 84.1 Å². The molecular weight excluding hydrogens is 773 g/mol. The first kappa shape index (κ1) is 42.7. The molecule has 3 heterocycles. The van der Waals surface area contributed by atoms with Gasteiger partial charge in [0, 0.05) is 37.1 Å². The number of hydrogen-bond donors (Lipinski definition) is 0. The minimum atomic E-state index is -1.09. The maximum atomic E-state index is 11.6. The lowest BCUT2D eigenvalue weighted by molar-refractivity contribution is -0.243. The van der Waals surface area contributed by atoms with Gasteiger partial charge in [-0.25, -0.2) is 0 Å². The molecule has 4 aromatic rings. The van der Waals surface area contributed by atoms with Crippen LogP contribution >= 0.6 is 0 Å². The monoisotopic (exact) mass is 818 g/mol. The van der Waals surface area contributed by atoms with E-state index in [-0.39, 0.29) is 31.3 Å². The molecule has 0 bridgehead atoms. The minimum absolute atomic E-state index is 0.169. The van der Waals surface area contributed by atoms with Crippen LogP contribution in [-0.2, 0) is 57.8 Å². The van der Waals surface area contributed by atoms with E-state index in [1.165, 1.54) is 5.56 Å². The average molecular weight is 819 g/mol. The Morgan fingerprint density at radius 3 is 1.75 bits per heavy atom. The number of hydrogen-bond acceptors (Lipinski definition) is 13. The summed E-state index contributed by atoms with van der Waals surface area (Å²) in [5, 5.41) is 11.5. The third-order valence-corrected chi connectivity index (χ3v) is 10.4. The summed E-state index contributed by atoms with van der Waals surface area (Å²) in [4.78, 5) is 48.8. The number of carbonyl (C=O) groups excluding carboxylic acids is 4. The molecule has 2 spiro atoms. The largest absolute Gasteiger partial charge is 0.487 e. The fourth-order valence-electron chi connectivity index (χ4n) is 7.46. The van der Waals surface area contributed by atoms with E-state index in [4.69, 9.17) is 40.4 Å². The van der Waals surface area contributed by atoms with Gasteiger partial charge in [0.05, 0.1) is 12.7 Å². The van der Waals surface area contributed by atoms with Crippen LogP contribution < -0.4 is 9.47 Å². The number of aryl methyl sites for hydroxylation is 2. The lowest BCUT2D eigenvalue weighted by Gasteiger charge is -2.32. The lowest BCUT2D eigenvalue weighted by Crippen LogP contribution is -2.43. The van der Waals surface area contributed by atoms with Crippen molar-refractivity contribution in [3.8, 4) is 23.8 Å². The summed E-state index contributed by atoms with van der Waals surface area (Å²) < 4.78 is 34.2. The molecule has 1 aromatic heterocycles. The summed E-state index contributed by atoms with van der Waals surface area (Å²) >= 11 is 0. The zero-order valence-electron chi connectivity index (χ0n) is 33.5. The summed E-state index contributed by atoms with van der Waals surface area (Å²) in [6.45, 7) is 5.83. The zero-order valence-corrected chi connectivity index (χ0v) is 33.5. The molecule has 2 aliphatic heterocycles. The summed E-state index contributed by atoms with van der Waals surface area (Å²) in [5.74, 6) is 0.0429. The fourth-order valence-corrected chi connectivity index (χ4v) is 7.46. The SMILES string of the molecule is C#CCOc1ccc(C2CCC3(C2)OC(=O)CC(=O)O3)cc1.CCn1cc(COc2ccc(C3CCC4(C3)OC(=O)CC(=O)O4)cc2)nn1.Cc1ccc(CN=[N+]=[N-])cc1. The van der Waals surface area contributed by atoms with Crippen molar-refractivity contribution in [2.45, 2.75) is 108 Å². The standard InChI is InChI=1S/C19H21N3O5.C17H16O5.C8H9N3/c1-2-22-11-15(20-21-22)12-25-16-5-3-13(4-6-16)14-7-8-19(10-14)26-17(23)9-18(24)27-19;1-2-9-20-14-5-3-12(4-6-14)13-7-8-17(11-13)21-15(18)10-16(19)22-17;1-7-2-4-8(5-3-7)6-10-11-9/h3-6,11,14H,2,7-10,12H2,1H3;1,3-6,13H,7-11H2;2-5H,6H2,1H3. The Labute approximate surface area is 347 Å². The smallest absolute Gasteiger partial charge is 0.320 e. The summed E-state index contributed by atoms with van der Waals surface area (Å²) in [7, 11) is 0. The second-order valence-electron chi connectivity index (χ2n) is 14.8. The van der Waals surface area contributed by atoms with E-state index in [2.05, 4.69) is 26.3 Å². The Bertz CT molecular complexity index is 2190. The molecule has 2 saturated carbocycles. The number of esters is 4. The van der Waals surface area contributed by atoms with Gasteiger partial charge in [0.1, 0.15) is 43.2 Å². The zero-order chi connectivity index (χ0) is 42.5. The van der Waals surface area contributed by atoms with E-state index in [1.807, 2.05) is 92.8 Å². The molecule has 4 fully saturated rings. The van der Waals surface area contributed by atoms with Gasteiger partial charge >= 0.3 is 23.9 Å². The highest BCUT2D eigenvalue weighted by Gasteiger charge is 2.50. The molecule has 2 saturated heterocycles. The predicted molar refractivity (Wildman–Crippen MR) is 214 cm³/mol. The maximum Gasteiger partial charge on any atom is 0.320 e. The van der Waals surface area contributed by atoms with Gasteiger partial charge in [-0.3, -0.25) is 23.9 Å². The Morgan fingerprint density at radius 1 is 0.800 bits per heavy atom. The molecule has 312 valence electrons. The summed E-state index contributed by atoms with van der Waals surface area (Å²) in [6.07, 6.45) is 10.0. The predicted octanol–water partition coefficient (Wildman–Crippen LogP) is 7.29. The average Bonchev–Trinajstić information content (AvgIpc) is 3.98. The quantitative estimate of drug-likeness (QED) is 0.0387. The highest BCUT2D eigenvalue weighted by atomic mass is 16.8. The van der Waals surface area contributed by atoms with Gasteiger partial charge in [0.15, 0.2) is 0 Å². The highest BCUT2D eigenvalue weighted by Crippen LogP contribution is 2.47. The second kappa shape index (κ2) is 19.7. The van der Waals surface area contributed by atoms with Crippen molar-refractivity contribution in [2.24, 2.45) is 5.11 Å². The van der Waals surface area contributed by atoms with Crippen molar-refractivity contribution < 1.29 is 47.6 Å². The maximum absolute atomic E-state index is 11.6. The number of rotatable bonds is 10. The topological polar surface area (TPSA) is 203 Å². The number of carbonyl (C=O) groups is 4. The van der Waals surface area contributed by atoms with E-state index in [0.717, 1.165) is 47.5 Å². The van der Waals surface area contributed by atoms with Crippen molar-refractivity contribution >= 4 is 23.9 Å². The van der Waals surface area contributed by atoms with Crippen molar-refractivity contribution in [3.05, 3.63) is 117 Å². The molecule has 0 N–H and O–H groups in total. The van der Waals surface area contributed by atoms with Gasteiger partial charge in [0.2, 0.25) is 0 Å². The number of ether oxygens (including phenoxy) is 6. The van der Waals surface area contributed by atoms with Crippen molar-refractivity contribution in [1.29, 1.82) is 0 Å². The van der Waals surface area contributed by atoms with Crippen molar-refractivity contribution in [2.75, 3.05) is 6.61 Å². The molecule has 2 unspecified atom stereocenters. The van der Waals surface area contributed by atoms with Crippen LogP contribution in [0.2, 0.25) is 0 Å². The molecule has 2 aliphatic carbocycles. The molecule has 16 nitrogen and oxygen atoms in total. The summed E-state index contributed by atoms with van der Waals surface area (Å²) in [5.41, 5.74) is 13.3. The number of aromatic nitrogens is 3. The molecule has 60 heavy (non-hydrogen) atoms. The van der Waals surface area contributed by atoms with Gasteiger partial charge in [-0.05, 0) is 85.0 Å². The third kappa shape index (κ3) is 11.6. The number of azide groups is 1. The van der Waals surface area contributed by atoms with Crippen LogP contribution in [-0.4, -0.2) is 57.1 Å². The van der Waals surface area contributed by atoms with Crippen molar-refractivity contribution in [1.82, 2.24) is 15.0 Å². The van der Waals surface area contributed by atoms with E-state index < -0.39 is 35.5 Å². The number of benzene rings is 3. The van der Waals surface area contributed by atoms with E-state index in [0.29, 0.717) is 44.6 Å². The van der Waals surface area contributed by atoms with Crippen LogP contribution in [0.1, 0.15) is 98.1 Å². The Morgan fingerprint density at radius 2 is 1.30 bits per heavy atom. The van der Waals surface area contributed by atoms with Gasteiger partial charge in [-0.2, -0.15) is 0 Å². The van der Waals surface area contributed by atoms with Crippen molar-refractivity contribution in [3.63, 3.8) is 0 Å². The molecule has 4 aliphatic rings. The first-order valence-electron chi connectivity index (χ1n) is 19.7. The first-order valence-corrected chi connectivity index (χ1v) is 19.7. The van der Waals surface area contributed by atoms with E-state index in [1.54, 1.807) is 4.68 Å². The Hall–Kier alpha value is -6.85. The molecule has 16 heteroatoms. The lowest BCUT2D eigenvalue weighted by atomic mass is 9.97. The van der Waals surface area contributed by atoms with Crippen LogP contribution in [0, 0.1) is 19.3 Å². The molecule has 3 aromatic carbocycles. The Balaban J connectivity index is 0.000000164. The molecular formula is C44H46N6O10. The molecule has 8 rings (SSSR count). The molecule has 0 radical (unpaired) electrons. The Kier molecular flexibility index (Phi) is 14.1. The van der Waals surface area contributed by atoms with Gasteiger partial charge in [-0.1, -0.05) is 70.3 Å². The third-order valence-electron chi connectivity index (χ3n) is 10.4. The van der Waals surface area contributed by atoms with Crippen LogP contribution in [0.25, 0.3) is 10.4 Å². The van der Waals surface area contributed by atoms with E-state index >= 15 is 0 Å².